The van der Waals surface area contributed by atoms with E-state index in [1.165, 1.54) is 6.07 Å². The maximum absolute atomic E-state index is 13.8. The molecular weight excluding hydrogens is 387 g/mol. The zero-order chi connectivity index (χ0) is 20.0. The SMILES string of the molecule is CC1(Cc2nc3ccc(Cl)cc3[nH]2)CCN(c2ccnc3ccc(F)cc23)CC1. The minimum absolute atomic E-state index is 0.169. The Morgan fingerprint density at radius 2 is 1.90 bits per heavy atom. The number of nitrogens with one attached hydrogen (secondary N) is 1. The van der Waals surface area contributed by atoms with E-state index in [2.05, 4.69) is 21.8 Å². The number of hydrogen-bond acceptors (Lipinski definition) is 3. The summed E-state index contributed by atoms with van der Waals surface area (Å²) < 4.78 is 13.8. The molecule has 0 saturated carbocycles. The van der Waals surface area contributed by atoms with Crippen LogP contribution in [0.25, 0.3) is 21.9 Å². The molecule has 1 N–H and O–H groups in total. The van der Waals surface area contributed by atoms with Crippen LogP contribution in [0, 0.1) is 11.2 Å². The lowest BCUT2D eigenvalue weighted by Gasteiger charge is -2.40. The Labute approximate surface area is 173 Å². The smallest absolute Gasteiger partial charge is 0.124 e. The number of fused-ring (bicyclic) bond motifs is 2. The molecule has 1 fully saturated rings. The van der Waals surface area contributed by atoms with Gasteiger partial charge in [-0.3, -0.25) is 4.98 Å². The predicted molar refractivity (Wildman–Crippen MR) is 116 cm³/mol. The summed E-state index contributed by atoms with van der Waals surface area (Å²) in [4.78, 5) is 14.9. The molecule has 4 aromatic rings. The molecule has 0 aliphatic carbocycles. The Kier molecular flexibility index (Phi) is 4.43. The number of imidazole rings is 1. The highest BCUT2D eigenvalue weighted by Gasteiger charge is 2.32. The molecule has 5 rings (SSSR count). The molecule has 148 valence electrons. The molecule has 1 aliphatic rings. The molecule has 4 nitrogen and oxygen atoms in total. The number of rotatable bonds is 3. The van der Waals surface area contributed by atoms with Gasteiger partial charge in [0.1, 0.15) is 11.6 Å². The molecule has 0 radical (unpaired) electrons. The van der Waals surface area contributed by atoms with Gasteiger partial charge in [-0.05, 0) is 60.7 Å². The van der Waals surface area contributed by atoms with Crippen LogP contribution < -0.4 is 4.90 Å². The van der Waals surface area contributed by atoms with Crippen molar-refractivity contribution >= 4 is 39.2 Å². The van der Waals surface area contributed by atoms with E-state index in [1.807, 2.05) is 30.5 Å². The summed E-state index contributed by atoms with van der Waals surface area (Å²) in [6.07, 6.45) is 4.80. The summed E-state index contributed by atoms with van der Waals surface area (Å²) in [6.45, 7) is 4.19. The Balaban J connectivity index is 1.34. The van der Waals surface area contributed by atoms with Gasteiger partial charge in [0.2, 0.25) is 0 Å². The molecule has 0 amide bonds. The van der Waals surface area contributed by atoms with E-state index in [0.717, 1.165) is 65.8 Å². The highest BCUT2D eigenvalue weighted by Crippen LogP contribution is 2.37. The first-order chi connectivity index (χ1) is 14.0. The van der Waals surface area contributed by atoms with E-state index in [9.17, 15) is 4.39 Å². The molecule has 0 bridgehead atoms. The molecule has 0 atom stereocenters. The van der Waals surface area contributed by atoms with Crippen LogP contribution in [0.3, 0.4) is 0 Å². The number of halogens is 2. The number of anilines is 1. The van der Waals surface area contributed by atoms with Crippen molar-refractivity contribution in [2.24, 2.45) is 5.41 Å². The minimum atomic E-state index is -0.224. The van der Waals surface area contributed by atoms with E-state index < -0.39 is 0 Å². The predicted octanol–water partition coefficient (Wildman–Crippen LogP) is 5.75. The second kappa shape index (κ2) is 6.99. The molecule has 0 unspecified atom stereocenters. The van der Waals surface area contributed by atoms with Crippen LogP contribution in [0.15, 0.2) is 48.7 Å². The van der Waals surface area contributed by atoms with E-state index in [-0.39, 0.29) is 11.2 Å². The van der Waals surface area contributed by atoms with E-state index in [4.69, 9.17) is 16.6 Å². The first-order valence-electron chi connectivity index (χ1n) is 9.93. The van der Waals surface area contributed by atoms with Gasteiger partial charge in [0, 0.05) is 41.8 Å². The van der Waals surface area contributed by atoms with Crippen LogP contribution in [0.4, 0.5) is 10.1 Å². The molecular formula is C23H22ClFN4. The van der Waals surface area contributed by atoms with Gasteiger partial charge in [-0.2, -0.15) is 0 Å². The Bertz CT molecular complexity index is 1190. The van der Waals surface area contributed by atoms with Gasteiger partial charge in [-0.1, -0.05) is 18.5 Å². The van der Waals surface area contributed by atoms with Crippen molar-refractivity contribution in [3.8, 4) is 0 Å². The molecule has 29 heavy (non-hydrogen) atoms. The standard InChI is InChI=1S/C23H22ClFN4/c1-23(14-22-27-19-4-2-15(24)12-20(19)28-22)7-10-29(11-8-23)21-6-9-26-18-5-3-16(25)13-17(18)21/h2-6,9,12-13H,7-8,10-11,14H2,1H3,(H,27,28). The number of pyridine rings is 1. The largest absolute Gasteiger partial charge is 0.371 e. The fraction of sp³-hybridized carbons (Fsp3) is 0.304. The van der Waals surface area contributed by atoms with Crippen molar-refractivity contribution in [2.75, 3.05) is 18.0 Å². The fourth-order valence-electron chi connectivity index (χ4n) is 4.37. The molecule has 0 spiro atoms. The molecule has 3 heterocycles. The molecule has 2 aromatic carbocycles. The lowest BCUT2D eigenvalue weighted by atomic mass is 9.77. The summed E-state index contributed by atoms with van der Waals surface area (Å²) in [6, 6.07) is 12.5. The summed E-state index contributed by atoms with van der Waals surface area (Å²) in [7, 11) is 0. The number of hydrogen-bond donors (Lipinski definition) is 1. The molecule has 6 heteroatoms. The zero-order valence-electron chi connectivity index (χ0n) is 16.3. The lowest BCUT2D eigenvalue weighted by molar-refractivity contribution is 0.242. The maximum Gasteiger partial charge on any atom is 0.124 e. The van der Waals surface area contributed by atoms with Gasteiger partial charge < -0.3 is 9.88 Å². The fourth-order valence-corrected chi connectivity index (χ4v) is 4.54. The van der Waals surface area contributed by atoms with Gasteiger partial charge in [-0.25, -0.2) is 9.37 Å². The zero-order valence-corrected chi connectivity index (χ0v) is 17.0. The third-order valence-corrected chi connectivity index (χ3v) is 6.31. The Morgan fingerprint density at radius 3 is 2.72 bits per heavy atom. The number of benzene rings is 2. The van der Waals surface area contributed by atoms with Crippen molar-refractivity contribution < 1.29 is 4.39 Å². The summed E-state index contributed by atoms with van der Waals surface area (Å²) >= 11 is 6.09. The van der Waals surface area contributed by atoms with Crippen molar-refractivity contribution in [1.82, 2.24) is 15.0 Å². The number of aromatic nitrogens is 3. The van der Waals surface area contributed by atoms with Crippen molar-refractivity contribution in [3.63, 3.8) is 0 Å². The monoisotopic (exact) mass is 408 g/mol. The normalized spacial score (nSPS) is 16.6. The number of H-pyrrole nitrogens is 1. The van der Waals surface area contributed by atoms with Crippen molar-refractivity contribution in [2.45, 2.75) is 26.2 Å². The topological polar surface area (TPSA) is 44.8 Å². The summed E-state index contributed by atoms with van der Waals surface area (Å²) in [5, 5.41) is 1.60. The van der Waals surface area contributed by atoms with Gasteiger partial charge >= 0.3 is 0 Å². The van der Waals surface area contributed by atoms with Crippen LogP contribution in [0.5, 0.6) is 0 Å². The Morgan fingerprint density at radius 1 is 1.10 bits per heavy atom. The van der Waals surface area contributed by atoms with Gasteiger partial charge in [0.15, 0.2) is 0 Å². The van der Waals surface area contributed by atoms with Crippen LogP contribution in [-0.4, -0.2) is 28.0 Å². The van der Waals surface area contributed by atoms with Crippen LogP contribution in [0.1, 0.15) is 25.6 Å². The number of aromatic amines is 1. The summed E-state index contributed by atoms with van der Waals surface area (Å²) in [5.74, 6) is 0.785. The average molecular weight is 409 g/mol. The quantitative estimate of drug-likeness (QED) is 0.469. The van der Waals surface area contributed by atoms with Gasteiger partial charge in [-0.15, -0.1) is 0 Å². The molecule has 1 saturated heterocycles. The minimum Gasteiger partial charge on any atom is -0.371 e. The first-order valence-corrected chi connectivity index (χ1v) is 10.3. The molecule has 1 aliphatic heterocycles. The lowest BCUT2D eigenvalue weighted by Crippen LogP contribution is -2.40. The van der Waals surface area contributed by atoms with Crippen LogP contribution in [-0.2, 0) is 6.42 Å². The second-order valence-corrected chi connectivity index (χ2v) is 8.75. The van der Waals surface area contributed by atoms with Crippen LogP contribution >= 0.6 is 11.6 Å². The van der Waals surface area contributed by atoms with Gasteiger partial charge in [0.05, 0.1) is 16.6 Å². The highest BCUT2D eigenvalue weighted by atomic mass is 35.5. The van der Waals surface area contributed by atoms with Gasteiger partial charge in [0.25, 0.3) is 0 Å². The summed E-state index contributed by atoms with van der Waals surface area (Å²) in [5.41, 5.74) is 4.00. The van der Waals surface area contributed by atoms with E-state index in [0.29, 0.717) is 5.02 Å². The first kappa shape index (κ1) is 18.4. The molecule has 2 aromatic heterocycles. The Hall–Kier alpha value is -2.66. The third-order valence-electron chi connectivity index (χ3n) is 6.08. The van der Waals surface area contributed by atoms with Crippen LogP contribution in [0.2, 0.25) is 5.02 Å². The van der Waals surface area contributed by atoms with Crippen molar-refractivity contribution in [3.05, 3.63) is 65.3 Å². The third kappa shape index (κ3) is 3.55. The maximum atomic E-state index is 13.8. The van der Waals surface area contributed by atoms with E-state index >= 15 is 0 Å². The van der Waals surface area contributed by atoms with Crippen molar-refractivity contribution in [1.29, 1.82) is 0 Å². The van der Waals surface area contributed by atoms with E-state index in [1.54, 1.807) is 12.1 Å². The number of piperidine rings is 1. The highest BCUT2D eigenvalue weighted by molar-refractivity contribution is 6.31. The second-order valence-electron chi connectivity index (χ2n) is 8.31. The number of nitrogens with zero attached hydrogens (tertiary/aromatic N) is 3. The average Bonchev–Trinajstić information content (AvgIpc) is 3.09.